The molecule has 0 radical (unpaired) electrons. The van der Waals surface area contributed by atoms with Crippen molar-refractivity contribution in [2.24, 2.45) is 0 Å². The first-order valence-corrected chi connectivity index (χ1v) is 8.51. The molecule has 4 nitrogen and oxygen atoms in total. The summed E-state index contributed by atoms with van der Waals surface area (Å²) >= 11 is 0. The third kappa shape index (κ3) is 4.14. The summed E-state index contributed by atoms with van der Waals surface area (Å²) < 4.78 is 16.8. The van der Waals surface area contributed by atoms with Gasteiger partial charge in [0.15, 0.2) is 0 Å². The Labute approximate surface area is 152 Å². The van der Waals surface area contributed by atoms with E-state index in [0.29, 0.717) is 24.4 Å². The van der Waals surface area contributed by atoms with Crippen LogP contribution in [0.3, 0.4) is 0 Å². The SMILES string of the molecule is COc1cccc(COc2ccc3ccc(=O)oc3c2CC=C(C)C)c1. The Morgan fingerprint density at radius 1 is 1.12 bits per heavy atom. The first-order valence-electron chi connectivity index (χ1n) is 8.51. The topological polar surface area (TPSA) is 48.7 Å². The molecule has 0 aliphatic rings. The minimum atomic E-state index is -0.360. The van der Waals surface area contributed by atoms with Gasteiger partial charge in [0.1, 0.15) is 23.7 Å². The van der Waals surface area contributed by atoms with Crippen LogP contribution in [0, 0.1) is 0 Å². The molecule has 0 aliphatic carbocycles. The maximum atomic E-state index is 11.7. The van der Waals surface area contributed by atoms with Crippen LogP contribution in [0.2, 0.25) is 0 Å². The van der Waals surface area contributed by atoms with Crippen molar-refractivity contribution in [1.29, 1.82) is 0 Å². The van der Waals surface area contributed by atoms with E-state index in [1.807, 2.05) is 50.2 Å². The first-order chi connectivity index (χ1) is 12.6. The fourth-order valence-corrected chi connectivity index (χ4v) is 2.73. The number of methoxy groups -OCH3 is 1. The van der Waals surface area contributed by atoms with Crippen LogP contribution in [0.5, 0.6) is 11.5 Å². The third-order valence-electron chi connectivity index (χ3n) is 4.09. The Hall–Kier alpha value is -3.01. The second kappa shape index (κ2) is 7.91. The predicted octanol–water partition coefficient (Wildman–Crippen LogP) is 4.89. The molecule has 3 rings (SSSR count). The van der Waals surface area contributed by atoms with E-state index in [2.05, 4.69) is 6.08 Å². The predicted molar refractivity (Wildman–Crippen MR) is 103 cm³/mol. The lowest BCUT2D eigenvalue weighted by atomic mass is 10.1. The van der Waals surface area contributed by atoms with Crippen molar-refractivity contribution in [2.75, 3.05) is 7.11 Å². The molecule has 0 aliphatic heterocycles. The van der Waals surface area contributed by atoms with Crippen LogP contribution >= 0.6 is 0 Å². The number of allylic oxidation sites excluding steroid dienone is 2. The molecule has 1 aromatic heterocycles. The average molecular weight is 350 g/mol. The fraction of sp³-hybridized carbons (Fsp3) is 0.227. The molecule has 0 saturated heterocycles. The summed E-state index contributed by atoms with van der Waals surface area (Å²) in [7, 11) is 1.64. The Bertz CT molecular complexity index is 994. The van der Waals surface area contributed by atoms with Gasteiger partial charge in [-0.25, -0.2) is 4.79 Å². The van der Waals surface area contributed by atoms with Gasteiger partial charge >= 0.3 is 5.63 Å². The van der Waals surface area contributed by atoms with E-state index >= 15 is 0 Å². The summed E-state index contributed by atoms with van der Waals surface area (Å²) in [6.07, 6.45) is 2.74. The van der Waals surface area contributed by atoms with Gasteiger partial charge in [0.05, 0.1) is 7.11 Å². The average Bonchev–Trinajstić information content (AvgIpc) is 2.64. The summed E-state index contributed by atoms with van der Waals surface area (Å²) in [5.74, 6) is 1.51. The summed E-state index contributed by atoms with van der Waals surface area (Å²) in [5.41, 5.74) is 3.30. The van der Waals surface area contributed by atoms with Crippen LogP contribution in [0.15, 0.2) is 69.4 Å². The molecule has 0 N–H and O–H groups in total. The Kier molecular flexibility index (Phi) is 5.42. The van der Waals surface area contributed by atoms with Crippen LogP contribution in [-0.2, 0) is 13.0 Å². The molecule has 2 aromatic carbocycles. The molecule has 1 heterocycles. The number of benzene rings is 2. The van der Waals surface area contributed by atoms with Gasteiger partial charge in [0, 0.05) is 17.0 Å². The monoisotopic (exact) mass is 350 g/mol. The van der Waals surface area contributed by atoms with Crippen LogP contribution in [0.4, 0.5) is 0 Å². The number of rotatable bonds is 6. The minimum Gasteiger partial charge on any atom is -0.497 e. The molecule has 0 unspecified atom stereocenters. The van der Waals surface area contributed by atoms with Gasteiger partial charge in [-0.2, -0.15) is 0 Å². The second-order valence-electron chi connectivity index (χ2n) is 6.34. The Balaban J connectivity index is 1.96. The molecule has 0 amide bonds. The molecule has 0 bridgehead atoms. The van der Waals surface area contributed by atoms with E-state index in [0.717, 1.165) is 22.3 Å². The zero-order valence-electron chi connectivity index (χ0n) is 15.2. The Morgan fingerprint density at radius 3 is 2.69 bits per heavy atom. The molecule has 4 heteroatoms. The van der Waals surface area contributed by atoms with E-state index in [-0.39, 0.29) is 5.63 Å². The summed E-state index contributed by atoms with van der Waals surface area (Å²) in [5, 5.41) is 0.885. The summed E-state index contributed by atoms with van der Waals surface area (Å²) in [4.78, 5) is 11.7. The van der Waals surface area contributed by atoms with Crippen molar-refractivity contribution in [2.45, 2.75) is 26.9 Å². The summed E-state index contributed by atoms with van der Waals surface area (Å²) in [6.45, 7) is 4.48. The van der Waals surface area contributed by atoms with Crippen molar-refractivity contribution < 1.29 is 13.9 Å². The highest BCUT2D eigenvalue weighted by molar-refractivity contribution is 5.82. The van der Waals surface area contributed by atoms with Crippen molar-refractivity contribution in [3.05, 3.63) is 81.7 Å². The molecule has 0 saturated carbocycles. The van der Waals surface area contributed by atoms with E-state index in [9.17, 15) is 4.79 Å². The zero-order chi connectivity index (χ0) is 18.5. The van der Waals surface area contributed by atoms with Crippen molar-refractivity contribution in [3.8, 4) is 11.5 Å². The Morgan fingerprint density at radius 2 is 1.92 bits per heavy atom. The first kappa shape index (κ1) is 17.8. The molecule has 3 aromatic rings. The largest absolute Gasteiger partial charge is 0.497 e. The summed E-state index contributed by atoms with van der Waals surface area (Å²) in [6, 6.07) is 14.8. The number of hydrogen-bond acceptors (Lipinski definition) is 4. The zero-order valence-corrected chi connectivity index (χ0v) is 15.2. The normalized spacial score (nSPS) is 10.6. The molecule has 0 fully saturated rings. The fourth-order valence-electron chi connectivity index (χ4n) is 2.73. The lowest BCUT2D eigenvalue weighted by Gasteiger charge is -2.13. The highest BCUT2D eigenvalue weighted by atomic mass is 16.5. The van der Waals surface area contributed by atoms with E-state index in [1.165, 1.54) is 11.6 Å². The van der Waals surface area contributed by atoms with Gasteiger partial charge in [0.25, 0.3) is 0 Å². The van der Waals surface area contributed by atoms with Gasteiger partial charge in [-0.05, 0) is 56.2 Å². The van der Waals surface area contributed by atoms with Crippen LogP contribution in [0.1, 0.15) is 25.0 Å². The molecular weight excluding hydrogens is 328 g/mol. The number of hydrogen-bond donors (Lipinski definition) is 0. The molecular formula is C22H22O4. The van der Waals surface area contributed by atoms with E-state index < -0.39 is 0 Å². The molecule has 0 spiro atoms. The van der Waals surface area contributed by atoms with Crippen molar-refractivity contribution in [3.63, 3.8) is 0 Å². The number of ether oxygens (including phenoxy) is 2. The van der Waals surface area contributed by atoms with Gasteiger partial charge < -0.3 is 13.9 Å². The third-order valence-corrected chi connectivity index (χ3v) is 4.09. The molecule has 134 valence electrons. The quantitative estimate of drug-likeness (QED) is 0.469. The van der Waals surface area contributed by atoms with Gasteiger partial charge in [-0.3, -0.25) is 0 Å². The highest BCUT2D eigenvalue weighted by Gasteiger charge is 2.11. The van der Waals surface area contributed by atoms with Gasteiger partial charge in [0.2, 0.25) is 0 Å². The second-order valence-corrected chi connectivity index (χ2v) is 6.34. The van der Waals surface area contributed by atoms with Crippen LogP contribution in [-0.4, -0.2) is 7.11 Å². The highest BCUT2D eigenvalue weighted by Crippen LogP contribution is 2.29. The standard InChI is InChI=1S/C22H22O4/c1-15(2)7-10-19-20(11-8-17-9-12-21(23)26-22(17)19)25-14-16-5-4-6-18(13-16)24-3/h4-9,11-13H,10,14H2,1-3H3. The van der Waals surface area contributed by atoms with Crippen molar-refractivity contribution in [1.82, 2.24) is 0 Å². The van der Waals surface area contributed by atoms with Crippen molar-refractivity contribution >= 4 is 11.0 Å². The molecule has 26 heavy (non-hydrogen) atoms. The van der Waals surface area contributed by atoms with Crippen LogP contribution in [0.25, 0.3) is 11.0 Å². The van der Waals surface area contributed by atoms with E-state index in [1.54, 1.807) is 13.2 Å². The number of fused-ring (bicyclic) bond motifs is 1. The van der Waals surface area contributed by atoms with Gasteiger partial charge in [-0.1, -0.05) is 23.8 Å². The lowest BCUT2D eigenvalue weighted by Crippen LogP contribution is -2.02. The maximum Gasteiger partial charge on any atom is 0.336 e. The van der Waals surface area contributed by atoms with Gasteiger partial charge in [-0.15, -0.1) is 0 Å². The van der Waals surface area contributed by atoms with Crippen LogP contribution < -0.4 is 15.1 Å². The van der Waals surface area contributed by atoms with E-state index in [4.69, 9.17) is 13.9 Å². The molecule has 0 atom stereocenters. The lowest BCUT2D eigenvalue weighted by molar-refractivity contribution is 0.302. The minimum absolute atomic E-state index is 0.360. The maximum absolute atomic E-state index is 11.7. The smallest absolute Gasteiger partial charge is 0.336 e.